The maximum Gasteiger partial charge on any atom is 0.306 e. The molecule has 0 radical (unpaired) electrons. The van der Waals surface area contributed by atoms with Crippen LogP contribution in [-0.4, -0.2) is 70.0 Å². The average Bonchev–Trinajstić information content (AvgIpc) is 3.25. The number of carbonyl (C=O) groups is 2. The van der Waals surface area contributed by atoms with Crippen molar-refractivity contribution in [3.63, 3.8) is 0 Å². The Balaban J connectivity index is 4.22. The van der Waals surface area contributed by atoms with Gasteiger partial charge in [0.15, 0.2) is 6.10 Å². The number of phosphoric ester groups is 1. The minimum absolute atomic E-state index is 0.0363. The normalized spacial score (nSPS) is 14.2. The number of esters is 2. The van der Waals surface area contributed by atoms with E-state index in [-0.39, 0.29) is 26.1 Å². The van der Waals surface area contributed by atoms with E-state index in [0.29, 0.717) is 17.4 Å². The van der Waals surface area contributed by atoms with E-state index in [1.54, 1.807) is 0 Å². The molecule has 0 rings (SSSR count). The predicted molar refractivity (Wildman–Crippen MR) is 268 cm³/mol. The lowest BCUT2D eigenvalue weighted by Gasteiger charge is -2.28. The third kappa shape index (κ3) is 48.6. The molecule has 64 heavy (non-hydrogen) atoms. The van der Waals surface area contributed by atoms with Gasteiger partial charge >= 0.3 is 11.9 Å². The van der Waals surface area contributed by atoms with E-state index in [9.17, 15) is 19.0 Å². The molecule has 2 unspecified atom stereocenters. The second kappa shape index (κ2) is 45.4. The van der Waals surface area contributed by atoms with Gasteiger partial charge in [0.1, 0.15) is 19.8 Å². The Labute approximate surface area is 392 Å². The molecule has 0 aliphatic rings. The van der Waals surface area contributed by atoms with Crippen LogP contribution >= 0.6 is 7.82 Å². The quantitative estimate of drug-likeness (QED) is 0.0195. The molecule has 0 aliphatic heterocycles. The smallest absolute Gasteiger partial charge is 0.306 e. The topological polar surface area (TPSA) is 111 Å². The van der Waals surface area contributed by atoms with Crippen LogP contribution in [-0.2, 0) is 32.7 Å². The Morgan fingerprint density at radius 2 is 0.891 bits per heavy atom. The number of quaternary nitrogens is 1. The number of likely N-dealkylation sites (N-methyl/N-ethyl adjacent to an activating group) is 1. The molecule has 0 saturated carbocycles. The highest BCUT2D eigenvalue weighted by atomic mass is 31.2. The highest BCUT2D eigenvalue weighted by molar-refractivity contribution is 7.45. The third-order valence-electron chi connectivity index (χ3n) is 10.4. The van der Waals surface area contributed by atoms with Gasteiger partial charge < -0.3 is 27.9 Å². The molecule has 0 amide bonds. The number of rotatable bonds is 45. The van der Waals surface area contributed by atoms with Gasteiger partial charge in [0.05, 0.1) is 27.7 Å². The van der Waals surface area contributed by atoms with Gasteiger partial charge in [-0.2, -0.15) is 0 Å². The highest BCUT2D eigenvalue weighted by Gasteiger charge is 2.21. The zero-order valence-electron chi connectivity index (χ0n) is 41.4. The largest absolute Gasteiger partial charge is 0.756 e. The average molecular weight is 916 g/mol. The molecule has 0 saturated heterocycles. The summed E-state index contributed by atoms with van der Waals surface area (Å²) < 4.78 is 34.0. The fourth-order valence-electron chi connectivity index (χ4n) is 6.52. The van der Waals surface area contributed by atoms with E-state index in [4.69, 9.17) is 18.5 Å². The van der Waals surface area contributed by atoms with E-state index in [0.717, 1.165) is 89.9 Å². The van der Waals surface area contributed by atoms with Crippen molar-refractivity contribution in [2.75, 3.05) is 47.5 Å². The van der Waals surface area contributed by atoms with Gasteiger partial charge in [-0.15, -0.1) is 0 Å². The molecule has 9 nitrogen and oxygen atoms in total. The number of allylic oxidation sites excluding steroid dienone is 14. The summed E-state index contributed by atoms with van der Waals surface area (Å²) in [4.78, 5) is 37.6. The van der Waals surface area contributed by atoms with Crippen LogP contribution in [0.25, 0.3) is 0 Å². The van der Waals surface area contributed by atoms with E-state index < -0.39 is 32.5 Å². The summed E-state index contributed by atoms with van der Waals surface area (Å²) >= 11 is 0. The summed E-state index contributed by atoms with van der Waals surface area (Å²) in [6.07, 6.45) is 59.0. The summed E-state index contributed by atoms with van der Waals surface area (Å²) in [6.45, 7) is 4.08. The monoisotopic (exact) mass is 916 g/mol. The van der Waals surface area contributed by atoms with E-state index >= 15 is 0 Å². The second-order valence-electron chi connectivity index (χ2n) is 17.8. The van der Waals surface area contributed by atoms with Crippen molar-refractivity contribution in [1.29, 1.82) is 0 Å². The molecule has 0 N–H and O–H groups in total. The van der Waals surface area contributed by atoms with E-state index in [2.05, 4.69) is 98.9 Å². The zero-order valence-corrected chi connectivity index (χ0v) is 42.3. The Morgan fingerprint density at radius 3 is 1.33 bits per heavy atom. The lowest BCUT2D eigenvalue weighted by molar-refractivity contribution is -0.870. The fourth-order valence-corrected chi connectivity index (χ4v) is 7.25. The van der Waals surface area contributed by atoms with Crippen molar-refractivity contribution < 1.29 is 42.1 Å². The number of hydrogen-bond acceptors (Lipinski definition) is 8. The molecule has 0 bridgehead atoms. The number of ether oxygens (including phenoxy) is 2. The van der Waals surface area contributed by atoms with Crippen molar-refractivity contribution in [3.8, 4) is 0 Å². The first-order valence-electron chi connectivity index (χ1n) is 25.3. The van der Waals surface area contributed by atoms with E-state index in [1.807, 2.05) is 21.1 Å². The summed E-state index contributed by atoms with van der Waals surface area (Å²) in [7, 11) is 1.15. The molecule has 0 heterocycles. The molecule has 0 aromatic rings. The van der Waals surface area contributed by atoms with Crippen LogP contribution in [0, 0.1) is 0 Å². The molecule has 0 aromatic heterocycles. The van der Waals surface area contributed by atoms with Crippen molar-refractivity contribution >= 4 is 19.8 Å². The Kier molecular flexibility index (Phi) is 43.4. The fraction of sp³-hybridized carbons (Fsp3) is 0.704. The van der Waals surface area contributed by atoms with Gasteiger partial charge in [-0.05, 0) is 70.6 Å². The first kappa shape index (κ1) is 61.2. The maximum absolute atomic E-state index is 12.7. The van der Waals surface area contributed by atoms with Crippen molar-refractivity contribution in [1.82, 2.24) is 0 Å². The van der Waals surface area contributed by atoms with Crippen LogP contribution in [0.4, 0.5) is 0 Å². The standard InChI is InChI=1S/C54H94NO8P/c1-6-8-10-12-14-16-18-19-20-21-22-23-24-25-26-27-28-29-30-31-32-33-34-35-37-39-41-43-45-47-54(57)63-52(51-62-64(58,59)61-49-48-55(3,4)5)50-60-53(56)46-44-42-40-38-36-17-15-13-11-9-7-2/h8,10,14,16,19-20,22-23,25-26,28-29,31-32,52H,6-7,9,11-13,15,17-18,21,24,27,30,33-51H2,1-5H3/b10-8-,16-14-,20-19-,23-22-,26-25-,29-28-,32-31-. The zero-order chi connectivity index (χ0) is 47.1. The minimum Gasteiger partial charge on any atom is -0.756 e. The van der Waals surface area contributed by atoms with Crippen molar-refractivity contribution in [3.05, 3.63) is 85.1 Å². The van der Waals surface area contributed by atoms with E-state index in [1.165, 1.54) is 70.6 Å². The molecule has 0 fully saturated rings. The van der Waals surface area contributed by atoms with Gasteiger partial charge in [-0.1, -0.05) is 195 Å². The van der Waals surface area contributed by atoms with Crippen LogP contribution in [0.1, 0.15) is 194 Å². The maximum atomic E-state index is 12.7. The number of nitrogens with zero attached hydrogens (tertiary/aromatic N) is 1. The lowest BCUT2D eigenvalue weighted by Crippen LogP contribution is -2.37. The van der Waals surface area contributed by atoms with Crippen LogP contribution < -0.4 is 4.89 Å². The van der Waals surface area contributed by atoms with Crippen molar-refractivity contribution in [2.45, 2.75) is 200 Å². The number of phosphoric acid groups is 1. The van der Waals surface area contributed by atoms with Crippen LogP contribution in [0.2, 0.25) is 0 Å². The minimum atomic E-state index is -4.63. The summed E-state index contributed by atoms with van der Waals surface area (Å²) in [5.74, 6) is -0.851. The molecule has 10 heteroatoms. The molecular weight excluding hydrogens is 822 g/mol. The van der Waals surface area contributed by atoms with Crippen LogP contribution in [0.5, 0.6) is 0 Å². The third-order valence-corrected chi connectivity index (χ3v) is 11.4. The summed E-state index contributed by atoms with van der Waals surface area (Å²) in [5.41, 5.74) is 0. The van der Waals surface area contributed by atoms with Crippen molar-refractivity contribution in [2.24, 2.45) is 0 Å². The summed E-state index contributed by atoms with van der Waals surface area (Å²) in [5, 5.41) is 0. The predicted octanol–water partition coefficient (Wildman–Crippen LogP) is 14.5. The second-order valence-corrected chi connectivity index (χ2v) is 19.2. The number of carbonyl (C=O) groups excluding carboxylic acids is 2. The number of unbranched alkanes of at least 4 members (excludes halogenated alkanes) is 17. The molecule has 0 aliphatic carbocycles. The van der Waals surface area contributed by atoms with Crippen LogP contribution in [0.15, 0.2) is 85.1 Å². The Bertz CT molecular complexity index is 1360. The molecule has 2 atom stereocenters. The van der Waals surface area contributed by atoms with Gasteiger partial charge in [0, 0.05) is 12.8 Å². The SMILES string of the molecule is CC/C=C\C/C=C\C/C=C\C/C=C\C/C=C\C/C=C\C/C=C\CCCCCCCCCC(=O)OC(COC(=O)CCCCCCCCCCCCC)COP(=O)([O-])OCC[N+](C)(C)C. The first-order valence-corrected chi connectivity index (χ1v) is 26.8. The Hall–Kier alpha value is -2.81. The molecular formula is C54H94NO8P. The number of hydrogen-bond donors (Lipinski definition) is 0. The van der Waals surface area contributed by atoms with Gasteiger partial charge in [0.2, 0.25) is 0 Å². The lowest BCUT2D eigenvalue weighted by atomic mass is 10.1. The Morgan fingerprint density at radius 1 is 0.500 bits per heavy atom. The van der Waals surface area contributed by atoms with Crippen LogP contribution in [0.3, 0.4) is 0 Å². The van der Waals surface area contributed by atoms with Gasteiger partial charge in [-0.25, -0.2) is 0 Å². The summed E-state index contributed by atoms with van der Waals surface area (Å²) in [6, 6.07) is 0. The first-order chi connectivity index (χ1) is 31.0. The van der Waals surface area contributed by atoms with Gasteiger partial charge in [0.25, 0.3) is 7.82 Å². The highest BCUT2D eigenvalue weighted by Crippen LogP contribution is 2.38. The molecule has 0 aromatic carbocycles. The van der Waals surface area contributed by atoms with Gasteiger partial charge in [-0.3, -0.25) is 14.2 Å². The molecule has 0 spiro atoms. The molecule has 368 valence electrons.